The quantitative estimate of drug-likeness (QED) is 0.620. The van der Waals surface area contributed by atoms with E-state index in [4.69, 9.17) is 0 Å². The lowest BCUT2D eigenvalue weighted by atomic mass is 9.75. The van der Waals surface area contributed by atoms with Crippen LogP contribution in [0.4, 0.5) is 0 Å². The summed E-state index contributed by atoms with van der Waals surface area (Å²) in [7, 11) is 0. The van der Waals surface area contributed by atoms with E-state index in [0.717, 1.165) is 11.8 Å². The van der Waals surface area contributed by atoms with Crippen LogP contribution in [0.3, 0.4) is 0 Å². The van der Waals surface area contributed by atoms with Crippen molar-refractivity contribution in [2.75, 3.05) is 0 Å². The summed E-state index contributed by atoms with van der Waals surface area (Å²) in [4.78, 5) is 0. The maximum absolute atomic E-state index is 2.36. The van der Waals surface area contributed by atoms with Crippen molar-refractivity contribution in [2.24, 2.45) is 11.8 Å². The van der Waals surface area contributed by atoms with Crippen molar-refractivity contribution < 1.29 is 0 Å². The maximum Gasteiger partial charge on any atom is 0.0158 e. The van der Waals surface area contributed by atoms with E-state index < -0.39 is 0 Å². The van der Waals surface area contributed by atoms with Crippen LogP contribution >= 0.6 is 0 Å². The maximum atomic E-state index is 2.36. The van der Waals surface area contributed by atoms with E-state index in [-0.39, 0.29) is 0 Å². The Morgan fingerprint density at radius 2 is 1.08 bits per heavy atom. The smallest absolute Gasteiger partial charge is 0.0158 e. The molecule has 0 aromatic rings. The van der Waals surface area contributed by atoms with E-state index in [1.807, 2.05) is 0 Å². The Bertz CT molecular complexity index is 539. The van der Waals surface area contributed by atoms with E-state index in [1.165, 1.54) is 55.8 Å². The average molecular weight is 324 g/mol. The minimum Gasteiger partial charge on any atom is -0.0762 e. The van der Waals surface area contributed by atoms with Crippen molar-refractivity contribution in [2.45, 2.75) is 32.1 Å². The van der Waals surface area contributed by atoms with Crippen LogP contribution in [0.1, 0.15) is 32.1 Å². The molecule has 0 aliphatic heterocycles. The molecule has 2 atom stereocenters. The van der Waals surface area contributed by atoms with Crippen LogP contribution in [-0.2, 0) is 0 Å². The minimum absolute atomic E-state index is 0.833. The highest BCUT2D eigenvalue weighted by atomic mass is 14.5. The average Bonchev–Trinajstić information content (AvgIpc) is 3.36. The lowest BCUT2D eigenvalue weighted by Gasteiger charge is -2.29. The molecule has 0 aromatic heterocycles. The number of hydrogen-bond acceptors (Lipinski definition) is 0. The van der Waals surface area contributed by atoms with Gasteiger partial charge in [-0.3, -0.25) is 0 Å². The fourth-order valence-electron chi connectivity index (χ4n) is 5.00. The first kappa shape index (κ1) is 16.2. The van der Waals surface area contributed by atoms with Gasteiger partial charge in [0.25, 0.3) is 0 Å². The van der Waals surface area contributed by atoms with Gasteiger partial charge in [0, 0.05) is 23.7 Å². The van der Waals surface area contributed by atoms with E-state index >= 15 is 0 Å². The molecule has 0 spiro atoms. The van der Waals surface area contributed by atoms with Gasteiger partial charge in [0.2, 0.25) is 0 Å². The third kappa shape index (κ3) is 3.11. The Hall–Kier alpha value is -1.04. The zero-order valence-corrected chi connectivity index (χ0v) is 14.6. The predicted molar refractivity (Wildman–Crippen MR) is 103 cm³/mol. The number of allylic oxidation sites excluding steroid dienone is 8. The van der Waals surface area contributed by atoms with E-state index in [2.05, 4.69) is 74.3 Å². The van der Waals surface area contributed by atoms with Gasteiger partial charge in [-0.25, -0.2) is 0 Å². The van der Waals surface area contributed by atoms with Gasteiger partial charge >= 0.3 is 0 Å². The molecule has 5 aliphatic carbocycles. The fourth-order valence-corrected chi connectivity index (χ4v) is 5.00. The van der Waals surface area contributed by atoms with Crippen LogP contribution in [0, 0.1) is 73.0 Å². The molecule has 10 radical (unpaired) electrons. The lowest BCUT2D eigenvalue weighted by molar-refractivity contribution is 0.363. The highest BCUT2D eigenvalue weighted by molar-refractivity contribution is 5.63. The Morgan fingerprint density at radius 1 is 0.600 bits per heavy atom. The molecule has 0 nitrogen and oxygen atoms in total. The first-order valence-corrected chi connectivity index (χ1v) is 9.65. The second-order valence-electron chi connectivity index (χ2n) is 7.75. The van der Waals surface area contributed by atoms with Crippen LogP contribution in [0.25, 0.3) is 0 Å². The van der Waals surface area contributed by atoms with Crippen molar-refractivity contribution in [3.63, 3.8) is 0 Å². The molecule has 0 amide bonds. The lowest BCUT2D eigenvalue weighted by Crippen LogP contribution is -2.19. The third-order valence-electron chi connectivity index (χ3n) is 6.32. The highest BCUT2D eigenvalue weighted by Crippen LogP contribution is 2.53. The number of rotatable bonds is 4. The summed E-state index contributed by atoms with van der Waals surface area (Å²) in [5.41, 5.74) is 0. The second-order valence-corrected chi connectivity index (χ2v) is 7.75. The van der Waals surface area contributed by atoms with Gasteiger partial charge in [-0.1, -0.05) is 67.9 Å². The number of fused-ring (bicyclic) bond motifs is 2. The molecule has 124 valence electrons. The van der Waals surface area contributed by atoms with Crippen molar-refractivity contribution in [3.8, 4) is 0 Å². The summed E-state index contributed by atoms with van der Waals surface area (Å²) in [6.07, 6.45) is 33.7. The molecule has 3 fully saturated rings. The Kier molecular flexibility index (Phi) is 4.48. The summed E-state index contributed by atoms with van der Waals surface area (Å²) in [6.45, 7) is 0. The van der Waals surface area contributed by atoms with Gasteiger partial charge < -0.3 is 0 Å². The first-order chi connectivity index (χ1) is 12.4. The second kappa shape index (κ2) is 6.93. The van der Waals surface area contributed by atoms with Crippen molar-refractivity contribution in [3.05, 3.63) is 110 Å². The third-order valence-corrected chi connectivity index (χ3v) is 6.32. The SMILES string of the molecule is [CH]1[CH][C](C[C@H]2CCC[C@@H]2C[C]2[CH][CH][C]3C=CC=C[C]32)[C]2C=CC=C[C]12. The summed E-state index contributed by atoms with van der Waals surface area (Å²) < 4.78 is 0. The molecular weight excluding hydrogens is 300 g/mol. The van der Waals surface area contributed by atoms with Gasteiger partial charge in [-0.2, -0.15) is 0 Å². The van der Waals surface area contributed by atoms with Crippen LogP contribution in [0.2, 0.25) is 0 Å². The first-order valence-electron chi connectivity index (χ1n) is 9.65. The normalized spacial score (nSPS) is 34.4. The largest absolute Gasteiger partial charge is 0.0762 e. The predicted octanol–water partition coefficient (Wildman–Crippen LogP) is 5.73. The molecule has 0 N–H and O–H groups in total. The van der Waals surface area contributed by atoms with Crippen LogP contribution < -0.4 is 0 Å². The molecule has 0 saturated heterocycles. The Labute approximate surface area is 154 Å². The minimum atomic E-state index is 0.833. The van der Waals surface area contributed by atoms with Gasteiger partial charge in [0.1, 0.15) is 0 Å². The van der Waals surface area contributed by atoms with E-state index in [1.54, 1.807) is 11.8 Å². The zero-order chi connectivity index (χ0) is 16.6. The highest BCUT2D eigenvalue weighted by Gasteiger charge is 2.42. The molecule has 25 heavy (non-hydrogen) atoms. The summed E-state index contributed by atoms with van der Waals surface area (Å²) >= 11 is 0. The topological polar surface area (TPSA) is 0 Å². The standard InChI is InChI=1S/C25H24/c1-3-10-24-18(6-1)12-14-22(24)16-20-8-5-9-21(20)17-23-15-13-19-7-2-4-11-25(19)23/h1-4,6-7,10-15,20-21H,5,8-9,16-17H2/t20-,21-/m1/s1. The van der Waals surface area contributed by atoms with Crippen molar-refractivity contribution in [1.29, 1.82) is 0 Å². The van der Waals surface area contributed by atoms with Gasteiger partial charge in [-0.05, 0) is 62.2 Å². The monoisotopic (exact) mass is 324 g/mol. The summed E-state index contributed by atoms with van der Waals surface area (Å²) in [5, 5.41) is 0. The molecule has 0 bridgehead atoms. The zero-order valence-electron chi connectivity index (χ0n) is 14.6. The molecule has 0 aromatic carbocycles. The van der Waals surface area contributed by atoms with Crippen molar-refractivity contribution >= 4 is 0 Å². The van der Waals surface area contributed by atoms with Gasteiger partial charge in [0.05, 0.1) is 0 Å². The molecular formula is C25H24. The molecule has 0 heterocycles. The molecule has 5 aliphatic rings. The number of hydrogen-bond donors (Lipinski definition) is 0. The van der Waals surface area contributed by atoms with Gasteiger partial charge in [0.15, 0.2) is 0 Å². The Morgan fingerprint density at radius 3 is 1.60 bits per heavy atom. The molecule has 0 unspecified atom stereocenters. The molecule has 0 heteroatoms. The van der Waals surface area contributed by atoms with Crippen LogP contribution in [0.5, 0.6) is 0 Å². The molecule has 5 rings (SSSR count). The molecule has 3 saturated carbocycles. The van der Waals surface area contributed by atoms with Crippen LogP contribution in [0.15, 0.2) is 48.6 Å². The Balaban J connectivity index is 1.21. The van der Waals surface area contributed by atoms with E-state index in [9.17, 15) is 0 Å². The summed E-state index contributed by atoms with van der Waals surface area (Å²) in [5.74, 6) is 10.5. The van der Waals surface area contributed by atoms with Crippen LogP contribution in [-0.4, -0.2) is 0 Å². The van der Waals surface area contributed by atoms with E-state index in [0.29, 0.717) is 0 Å². The van der Waals surface area contributed by atoms with Gasteiger partial charge in [-0.15, -0.1) is 0 Å². The fraction of sp³-hybridized carbons (Fsp3) is 0.280. The van der Waals surface area contributed by atoms with Crippen molar-refractivity contribution in [1.82, 2.24) is 0 Å². The summed E-state index contributed by atoms with van der Waals surface area (Å²) in [6, 6.07) is 0.